The Morgan fingerprint density at radius 2 is 1.61 bits per heavy atom. The minimum atomic E-state index is 0.368. The molecule has 0 aromatic heterocycles. The molecule has 0 spiro atoms. The van der Waals surface area contributed by atoms with Crippen molar-refractivity contribution >= 4 is 5.69 Å². The van der Waals surface area contributed by atoms with Crippen LogP contribution in [0.2, 0.25) is 0 Å². The molecule has 0 aliphatic carbocycles. The second kappa shape index (κ2) is 6.67. The molecule has 102 valence electrons. The summed E-state index contributed by atoms with van der Waals surface area (Å²) < 4.78 is 0. The van der Waals surface area contributed by atoms with Gasteiger partial charge in [-0.1, -0.05) is 33.8 Å². The lowest BCUT2D eigenvalue weighted by Gasteiger charge is -2.23. The zero-order chi connectivity index (χ0) is 13.7. The lowest BCUT2D eigenvalue weighted by molar-refractivity contribution is 0.441. The maximum atomic E-state index is 9.74. The molecule has 0 amide bonds. The van der Waals surface area contributed by atoms with Crippen molar-refractivity contribution in [2.75, 3.05) is 5.32 Å². The van der Waals surface area contributed by atoms with E-state index < -0.39 is 0 Å². The number of anilines is 1. The van der Waals surface area contributed by atoms with Crippen LogP contribution in [0.3, 0.4) is 0 Å². The van der Waals surface area contributed by atoms with Crippen LogP contribution in [0, 0.1) is 18.8 Å². The SMILES string of the molecule is Cc1ccc(NC(CC(C)C)CC(C)C)cc1O. The zero-order valence-corrected chi connectivity index (χ0v) is 12.3. The van der Waals surface area contributed by atoms with Crippen LogP contribution in [0.25, 0.3) is 0 Å². The van der Waals surface area contributed by atoms with E-state index in [1.54, 1.807) is 0 Å². The van der Waals surface area contributed by atoms with Crippen LogP contribution in [0.1, 0.15) is 46.1 Å². The van der Waals surface area contributed by atoms with Crippen LogP contribution in [0.4, 0.5) is 5.69 Å². The molecule has 0 aliphatic heterocycles. The molecule has 0 radical (unpaired) electrons. The molecule has 0 saturated carbocycles. The van der Waals surface area contributed by atoms with E-state index >= 15 is 0 Å². The summed E-state index contributed by atoms with van der Waals surface area (Å²) in [5.41, 5.74) is 1.94. The number of phenolic OH excluding ortho intramolecular Hbond substituents is 1. The van der Waals surface area contributed by atoms with E-state index in [1.165, 1.54) is 0 Å². The fourth-order valence-electron chi connectivity index (χ4n) is 2.29. The first-order chi connectivity index (χ1) is 8.38. The van der Waals surface area contributed by atoms with Crippen molar-refractivity contribution in [1.29, 1.82) is 0 Å². The molecule has 0 atom stereocenters. The average Bonchev–Trinajstić information content (AvgIpc) is 2.21. The van der Waals surface area contributed by atoms with Crippen LogP contribution in [0.5, 0.6) is 5.75 Å². The highest BCUT2D eigenvalue weighted by Crippen LogP contribution is 2.24. The summed E-state index contributed by atoms with van der Waals surface area (Å²) in [5, 5.41) is 13.3. The predicted molar refractivity (Wildman–Crippen MR) is 79.2 cm³/mol. The van der Waals surface area contributed by atoms with Crippen LogP contribution in [-0.4, -0.2) is 11.1 Å². The van der Waals surface area contributed by atoms with Gasteiger partial charge in [-0.2, -0.15) is 0 Å². The van der Waals surface area contributed by atoms with Gasteiger partial charge < -0.3 is 10.4 Å². The molecule has 0 aliphatic rings. The summed E-state index contributed by atoms with van der Waals surface area (Å²) in [6, 6.07) is 6.30. The quantitative estimate of drug-likeness (QED) is 0.774. The molecule has 0 fully saturated rings. The van der Waals surface area contributed by atoms with Crippen LogP contribution >= 0.6 is 0 Å². The molecule has 2 nitrogen and oxygen atoms in total. The molecule has 0 saturated heterocycles. The van der Waals surface area contributed by atoms with Gasteiger partial charge in [0, 0.05) is 17.8 Å². The van der Waals surface area contributed by atoms with E-state index in [2.05, 4.69) is 33.0 Å². The monoisotopic (exact) mass is 249 g/mol. The van der Waals surface area contributed by atoms with Crippen molar-refractivity contribution in [2.24, 2.45) is 11.8 Å². The number of phenols is 1. The van der Waals surface area contributed by atoms with Gasteiger partial charge in [0.2, 0.25) is 0 Å². The van der Waals surface area contributed by atoms with Crippen LogP contribution in [-0.2, 0) is 0 Å². The molecule has 1 rings (SSSR count). The van der Waals surface area contributed by atoms with E-state index in [0.717, 1.165) is 24.1 Å². The Kier molecular flexibility index (Phi) is 5.52. The molecular weight excluding hydrogens is 222 g/mol. The molecule has 2 heteroatoms. The third-order valence-electron chi connectivity index (χ3n) is 3.09. The highest BCUT2D eigenvalue weighted by atomic mass is 16.3. The number of aryl methyl sites for hydroxylation is 1. The normalized spacial score (nSPS) is 11.6. The average molecular weight is 249 g/mol. The van der Waals surface area contributed by atoms with Gasteiger partial charge in [-0.25, -0.2) is 0 Å². The molecule has 0 heterocycles. The number of nitrogens with one attached hydrogen (secondary N) is 1. The predicted octanol–water partition coefficient (Wildman–Crippen LogP) is 4.57. The zero-order valence-electron chi connectivity index (χ0n) is 12.3. The van der Waals surface area contributed by atoms with Gasteiger partial charge >= 0.3 is 0 Å². The first-order valence-electron chi connectivity index (χ1n) is 6.94. The summed E-state index contributed by atoms with van der Waals surface area (Å²) in [6.07, 6.45) is 2.32. The van der Waals surface area contributed by atoms with Gasteiger partial charge in [-0.05, 0) is 43.2 Å². The molecular formula is C16H27NO. The fourth-order valence-corrected chi connectivity index (χ4v) is 2.29. The number of benzene rings is 1. The van der Waals surface area contributed by atoms with E-state index in [0.29, 0.717) is 23.6 Å². The highest BCUT2D eigenvalue weighted by Gasteiger charge is 2.13. The number of aromatic hydroxyl groups is 1. The number of hydrogen-bond acceptors (Lipinski definition) is 2. The third-order valence-corrected chi connectivity index (χ3v) is 3.09. The van der Waals surface area contributed by atoms with Gasteiger partial charge in [0.05, 0.1) is 0 Å². The lowest BCUT2D eigenvalue weighted by Crippen LogP contribution is -2.23. The second-order valence-electron chi connectivity index (χ2n) is 6.10. The van der Waals surface area contributed by atoms with Crippen molar-refractivity contribution in [1.82, 2.24) is 0 Å². The summed E-state index contributed by atoms with van der Waals surface area (Å²) in [5.74, 6) is 1.73. The highest BCUT2D eigenvalue weighted by molar-refractivity contribution is 5.51. The van der Waals surface area contributed by atoms with Crippen molar-refractivity contribution in [3.63, 3.8) is 0 Å². The number of hydrogen-bond donors (Lipinski definition) is 2. The van der Waals surface area contributed by atoms with E-state index in [-0.39, 0.29) is 0 Å². The first-order valence-corrected chi connectivity index (χ1v) is 6.94. The first kappa shape index (κ1) is 14.9. The Labute approximate surface area is 111 Å². The largest absolute Gasteiger partial charge is 0.508 e. The third kappa shape index (κ3) is 4.99. The molecule has 0 unspecified atom stereocenters. The maximum Gasteiger partial charge on any atom is 0.120 e. The molecule has 1 aromatic carbocycles. The molecule has 2 N–H and O–H groups in total. The smallest absolute Gasteiger partial charge is 0.120 e. The van der Waals surface area contributed by atoms with Crippen molar-refractivity contribution < 1.29 is 5.11 Å². The summed E-state index contributed by atoms with van der Waals surface area (Å²) in [7, 11) is 0. The van der Waals surface area contributed by atoms with Crippen LogP contribution < -0.4 is 5.32 Å². The Bertz CT molecular complexity index is 361. The lowest BCUT2D eigenvalue weighted by atomic mass is 9.95. The Balaban J connectivity index is 2.71. The number of rotatable bonds is 6. The van der Waals surface area contributed by atoms with Crippen molar-refractivity contribution in [2.45, 2.75) is 53.5 Å². The molecule has 1 aromatic rings. The van der Waals surface area contributed by atoms with E-state index in [9.17, 15) is 5.11 Å². The van der Waals surface area contributed by atoms with E-state index in [1.807, 2.05) is 25.1 Å². The van der Waals surface area contributed by atoms with Gasteiger partial charge in [-0.15, -0.1) is 0 Å². The Hall–Kier alpha value is -1.18. The fraction of sp³-hybridized carbons (Fsp3) is 0.625. The summed E-state index contributed by atoms with van der Waals surface area (Å²) in [4.78, 5) is 0. The minimum absolute atomic E-state index is 0.368. The Morgan fingerprint density at radius 3 is 2.06 bits per heavy atom. The molecule has 0 bridgehead atoms. The van der Waals surface area contributed by atoms with E-state index in [4.69, 9.17) is 0 Å². The minimum Gasteiger partial charge on any atom is -0.508 e. The van der Waals surface area contributed by atoms with Gasteiger partial charge in [-0.3, -0.25) is 0 Å². The summed E-state index contributed by atoms with van der Waals surface area (Å²) in [6.45, 7) is 10.9. The van der Waals surface area contributed by atoms with Gasteiger partial charge in [0.1, 0.15) is 5.75 Å². The maximum absolute atomic E-state index is 9.74. The second-order valence-corrected chi connectivity index (χ2v) is 6.10. The standard InChI is InChI=1S/C16H27NO/c1-11(2)8-15(9-12(3)4)17-14-7-6-13(5)16(18)10-14/h6-7,10-12,15,17-18H,8-9H2,1-5H3. The molecule has 18 heavy (non-hydrogen) atoms. The van der Waals surface area contributed by atoms with Crippen LogP contribution in [0.15, 0.2) is 18.2 Å². The van der Waals surface area contributed by atoms with Gasteiger partial charge in [0.25, 0.3) is 0 Å². The van der Waals surface area contributed by atoms with Crippen molar-refractivity contribution in [3.8, 4) is 5.75 Å². The topological polar surface area (TPSA) is 32.3 Å². The van der Waals surface area contributed by atoms with Crippen molar-refractivity contribution in [3.05, 3.63) is 23.8 Å². The summed E-state index contributed by atoms with van der Waals surface area (Å²) >= 11 is 0. The Morgan fingerprint density at radius 1 is 1.06 bits per heavy atom. The van der Waals surface area contributed by atoms with Gasteiger partial charge in [0.15, 0.2) is 0 Å².